The molecule has 3 aliphatic heterocycles. The zero-order valence-electron chi connectivity index (χ0n) is 36.3. The molecular weight excluding hydrogens is 974 g/mol. The molecule has 2 aromatic carbocycles. The van der Waals surface area contributed by atoms with Crippen LogP contribution < -0.4 is 37.6 Å². The summed E-state index contributed by atoms with van der Waals surface area (Å²) in [5, 5.41) is 6.00. The van der Waals surface area contributed by atoms with Gasteiger partial charge in [-0.25, -0.2) is 9.59 Å². The number of nitrogens with zero attached hydrogens (tertiary/aromatic N) is 11. The standard InChI is InChI=1S/C19H22Cl2N6O2.C10H13ClN2.C9H10BrClN4O2.C4H8O/c1-23-16-15(17(28)24(2)19(23)29)27(18(21)22-16)12-9-25-7-10-26(11-8-25)14-6-4-3-5-13(14)20;11-9-3-1-2-4-10(9)13-7-5-12-6-8-13;1-13-6-5(7(16)14(2)9(13)17)15(4-3-10)8(11)12-6;1-2-4-5-3-1/h3-6H,7-12H2,1-2H3;1-4,12H,5-8H2;3-4H2,1-2H3;1-4H2. The van der Waals surface area contributed by atoms with Crippen molar-refractivity contribution in [2.75, 3.05) is 87.2 Å². The van der Waals surface area contributed by atoms with Crippen LogP contribution in [0.1, 0.15) is 12.8 Å². The predicted octanol–water partition coefficient (Wildman–Crippen LogP) is 4.59. The van der Waals surface area contributed by atoms with E-state index in [9.17, 15) is 19.2 Å². The van der Waals surface area contributed by atoms with Crippen molar-refractivity contribution in [3.63, 3.8) is 0 Å². The Morgan fingerprint density at radius 1 is 0.594 bits per heavy atom. The van der Waals surface area contributed by atoms with Crippen molar-refractivity contribution in [2.45, 2.75) is 25.9 Å². The molecule has 9 rings (SSSR count). The molecule has 0 spiro atoms. The number of hydrogen-bond acceptors (Lipinski definition) is 11. The van der Waals surface area contributed by atoms with Gasteiger partial charge in [-0.15, -0.1) is 0 Å². The van der Waals surface area contributed by atoms with Crippen molar-refractivity contribution in [3.05, 3.63) is 111 Å². The van der Waals surface area contributed by atoms with E-state index in [4.69, 9.17) is 51.1 Å². The molecule has 0 aliphatic carbocycles. The molecule has 4 aromatic heterocycles. The first kappa shape index (κ1) is 49.3. The van der Waals surface area contributed by atoms with Crippen molar-refractivity contribution in [1.29, 1.82) is 0 Å². The van der Waals surface area contributed by atoms with Crippen molar-refractivity contribution in [1.82, 2.24) is 47.6 Å². The smallest absolute Gasteiger partial charge is 0.332 e. The fourth-order valence-corrected chi connectivity index (χ4v) is 8.98. The molecule has 3 fully saturated rings. The zero-order chi connectivity index (χ0) is 46.1. The third-order valence-electron chi connectivity index (χ3n) is 11.3. The number of imidazole rings is 2. The minimum atomic E-state index is -0.417. The highest BCUT2D eigenvalue weighted by atomic mass is 79.9. The summed E-state index contributed by atoms with van der Waals surface area (Å²) in [4.78, 5) is 63.7. The maximum Gasteiger partial charge on any atom is 0.332 e. The van der Waals surface area contributed by atoms with E-state index in [0.29, 0.717) is 40.7 Å². The van der Waals surface area contributed by atoms with E-state index < -0.39 is 11.4 Å². The van der Waals surface area contributed by atoms with Gasteiger partial charge in [-0.1, -0.05) is 63.4 Å². The van der Waals surface area contributed by atoms with E-state index in [1.807, 2.05) is 42.5 Å². The van der Waals surface area contributed by atoms with Gasteiger partial charge in [0.2, 0.25) is 10.6 Å². The number of benzene rings is 2. The number of halogens is 5. The lowest BCUT2D eigenvalue weighted by atomic mass is 10.2. The predicted molar refractivity (Wildman–Crippen MR) is 261 cm³/mol. The second kappa shape index (κ2) is 22.9. The Morgan fingerprint density at radius 2 is 1.03 bits per heavy atom. The molecular formula is C42H53BrCl4N12O5. The second-order valence-electron chi connectivity index (χ2n) is 15.3. The van der Waals surface area contributed by atoms with Crippen LogP contribution in [0.3, 0.4) is 0 Å². The third kappa shape index (κ3) is 11.3. The Morgan fingerprint density at radius 3 is 1.45 bits per heavy atom. The lowest BCUT2D eigenvalue weighted by Crippen LogP contribution is -2.47. The van der Waals surface area contributed by atoms with Gasteiger partial charge in [0.05, 0.1) is 21.4 Å². The Balaban J connectivity index is 0.000000163. The maximum absolute atomic E-state index is 12.6. The number of alkyl halides is 1. The number of hydrogen-bond donors (Lipinski definition) is 1. The summed E-state index contributed by atoms with van der Waals surface area (Å²) in [5.74, 6) is 0. The van der Waals surface area contributed by atoms with Crippen LogP contribution >= 0.6 is 62.3 Å². The molecule has 1 N–H and O–H groups in total. The van der Waals surface area contributed by atoms with E-state index in [1.165, 1.54) is 36.1 Å². The highest BCUT2D eigenvalue weighted by Crippen LogP contribution is 2.27. The van der Waals surface area contributed by atoms with Gasteiger partial charge in [0.1, 0.15) is 0 Å². The molecule has 0 atom stereocenters. The Hall–Kier alpha value is -4.14. The van der Waals surface area contributed by atoms with Crippen LogP contribution in [0, 0.1) is 0 Å². The van der Waals surface area contributed by atoms with Crippen molar-refractivity contribution < 1.29 is 4.74 Å². The molecule has 3 saturated heterocycles. The fraction of sp³-hybridized carbons (Fsp3) is 0.476. The molecule has 64 heavy (non-hydrogen) atoms. The molecule has 0 amide bonds. The largest absolute Gasteiger partial charge is 0.381 e. The average molecular weight is 1030 g/mol. The van der Waals surface area contributed by atoms with Gasteiger partial charge in [0, 0.05) is 119 Å². The van der Waals surface area contributed by atoms with E-state index in [1.54, 1.807) is 23.2 Å². The van der Waals surface area contributed by atoms with Crippen LogP contribution in [-0.4, -0.2) is 120 Å². The van der Waals surface area contributed by atoms with E-state index in [-0.39, 0.29) is 21.7 Å². The van der Waals surface area contributed by atoms with E-state index in [2.05, 4.69) is 52.0 Å². The summed E-state index contributed by atoms with van der Waals surface area (Å²) in [6.45, 7) is 11.5. The first-order chi connectivity index (χ1) is 30.7. The summed E-state index contributed by atoms with van der Waals surface area (Å²) < 4.78 is 13.0. The van der Waals surface area contributed by atoms with Crippen LogP contribution in [0.25, 0.3) is 22.3 Å². The molecule has 7 heterocycles. The number of anilines is 2. The zero-order valence-corrected chi connectivity index (χ0v) is 40.9. The van der Waals surface area contributed by atoms with Crippen LogP contribution in [-0.2, 0) is 46.0 Å². The molecule has 0 bridgehead atoms. The minimum Gasteiger partial charge on any atom is -0.381 e. The number of ether oxygens (including phenoxy) is 1. The molecule has 3 aliphatic rings. The molecule has 0 radical (unpaired) electrons. The summed E-state index contributed by atoms with van der Waals surface area (Å²) in [6.07, 6.45) is 2.56. The van der Waals surface area contributed by atoms with Gasteiger partial charge in [0.15, 0.2) is 22.3 Å². The van der Waals surface area contributed by atoms with E-state index >= 15 is 0 Å². The van der Waals surface area contributed by atoms with Crippen molar-refractivity contribution >= 4 is 96.0 Å². The lowest BCUT2D eigenvalue weighted by molar-refractivity contribution is 0.198. The number of piperazine rings is 2. The van der Waals surface area contributed by atoms with Crippen molar-refractivity contribution in [2.24, 2.45) is 28.2 Å². The highest BCUT2D eigenvalue weighted by Gasteiger charge is 2.22. The normalized spacial score (nSPS) is 15.4. The van der Waals surface area contributed by atoms with Gasteiger partial charge >= 0.3 is 11.4 Å². The van der Waals surface area contributed by atoms with Gasteiger partial charge in [-0.05, 0) is 60.3 Å². The second-order valence-corrected chi connectivity index (χ2v) is 17.6. The Bertz CT molecular complexity index is 2780. The first-order valence-electron chi connectivity index (χ1n) is 20.9. The third-order valence-corrected chi connectivity index (χ3v) is 12.8. The summed E-state index contributed by atoms with van der Waals surface area (Å²) in [6, 6.07) is 15.9. The van der Waals surface area contributed by atoms with E-state index in [0.717, 1.165) is 103 Å². The van der Waals surface area contributed by atoms with Gasteiger partial charge in [-0.3, -0.25) is 32.8 Å². The molecule has 6 aromatic rings. The minimum absolute atomic E-state index is 0.206. The van der Waals surface area contributed by atoms with Crippen LogP contribution in [0.15, 0.2) is 67.7 Å². The van der Waals surface area contributed by atoms with Gasteiger partial charge < -0.3 is 29.0 Å². The summed E-state index contributed by atoms with van der Waals surface area (Å²) in [5.41, 5.74) is 1.94. The monoisotopic (exact) mass is 1020 g/mol. The highest BCUT2D eigenvalue weighted by molar-refractivity contribution is 9.09. The molecule has 0 unspecified atom stereocenters. The van der Waals surface area contributed by atoms with Gasteiger partial charge in [0.25, 0.3) is 11.1 Å². The summed E-state index contributed by atoms with van der Waals surface area (Å²) >= 11 is 28.0. The quantitative estimate of drug-likeness (QED) is 0.177. The lowest BCUT2D eigenvalue weighted by Gasteiger charge is -2.36. The maximum atomic E-state index is 12.6. The van der Waals surface area contributed by atoms with Crippen molar-refractivity contribution in [3.8, 4) is 0 Å². The molecule has 17 nitrogen and oxygen atoms in total. The number of fused-ring (bicyclic) bond motifs is 2. The number of para-hydroxylation sites is 2. The number of rotatable bonds is 7. The summed E-state index contributed by atoms with van der Waals surface area (Å²) in [7, 11) is 6.05. The van der Waals surface area contributed by atoms with Crippen LogP contribution in [0.5, 0.6) is 0 Å². The number of nitrogens with one attached hydrogen (secondary N) is 1. The molecule has 346 valence electrons. The fourth-order valence-electron chi connectivity index (χ4n) is 7.62. The molecule has 22 heteroatoms. The van der Waals surface area contributed by atoms with Crippen LogP contribution in [0.2, 0.25) is 20.6 Å². The first-order valence-corrected chi connectivity index (χ1v) is 23.6. The van der Waals surface area contributed by atoms with Gasteiger partial charge in [-0.2, -0.15) is 9.97 Å². The van der Waals surface area contributed by atoms with Crippen LogP contribution in [0.4, 0.5) is 11.4 Å². The molecule has 0 saturated carbocycles. The number of aryl methyl sites for hydroxylation is 3. The Labute approximate surface area is 398 Å². The number of aromatic nitrogens is 8. The average Bonchev–Trinajstić information content (AvgIpc) is 4.08. The Kier molecular flexibility index (Phi) is 17.6. The SMILES string of the molecule is C1CCOC1.Clc1ccccc1N1CCNCC1.Cn1c(=O)c2c(nc(Cl)n2CCBr)n(C)c1=O.Cn1c(=O)c2c(nc(Cl)n2CCN2CCN(c3ccccc3Cl)CC2)n(C)c1=O. The topological polar surface area (TPSA) is 155 Å².